The maximum absolute atomic E-state index is 9.39. The minimum atomic E-state index is -0.215. The zero-order valence-corrected chi connectivity index (χ0v) is 12.2. The molecule has 0 amide bonds. The fourth-order valence-electron chi connectivity index (χ4n) is 1.79. The van der Waals surface area contributed by atoms with E-state index in [0.29, 0.717) is 6.54 Å². The second-order valence-corrected chi connectivity index (χ2v) is 4.94. The molecule has 2 rings (SSSR count). The zero-order valence-electron chi connectivity index (χ0n) is 10.6. The fraction of sp³-hybridized carbons (Fsp3) is 0.286. The lowest BCUT2D eigenvalue weighted by molar-refractivity contribution is 0.225. The van der Waals surface area contributed by atoms with Crippen molar-refractivity contribution in [3.63, 3.8) is 0 Å². The van der Waals surface area contributed by atoms with E-state index < -0.39 is 0 Å². The van der Waals surface area contributed by atoms with Gasteiger partial charge in [0.1, 0.15) is 11.5 Å². The van der Waals surface area contributed by atoms with Gasteiger partial charge in [-0.25, -0.2) is 0 Å². The normalized spacial score (nSPS) is 12.4. The molecule has 4 nitrogen and oxygen atoms in total. The van der Waals surface area contributed by atoms with Gasteiger partial charge in [0, 0.05) is 11.0 Å². The van der Waals surface area contributed by atoms with Crippen LogP contribution in [0.5, 0.6) is 5.75 Å². The summed E-state index contributed by atoms with van der Waals surface area (Å²) in [5.74, 6) is 1.53. The molecule has 2 aromatic rings. The second-order valence-electron chi connectivity index (χ2n) is 4.09. The number of nitrogens with one attached hydrogen (secondary N) is 1. The average Bonchev–Trinajstić information content (AvgIpc) is 2.95. The quantitative estimate of drug-likeness (QED) is 0.857. The van der Waals surface area contributed by atoms with Crippen molar-refractivity contribution in [3.05, 3.63) is 52.4 Å². The number of hydrogen-bond acceptors (Lipinski definition) is 4. The third-order valence-corrected chi connectivity index (χ3v) is 3.63. The summed E-state index contributed by atoms with van der Waals surface area (Å²) >= 11 is 3.50. The third kappa shape index (κ3) is 3.59. The Bertz CT molecular complexity index is 513. The van der Waals surface area contributed by atoms with Gasteiger partial charge in [-0.15, -0.1) is 0 Å². The molecule has 2 N–H and O–H groups in total. The van der Waals surface area contributed by atoms with Gasteiger partial charge in [-0.05, 0) is 35.9 Å². The standard InChI is InChI=1S/C14H16BrNO3/c1-18-11-4-5-12(15)10(7-11)8-16-13(9-17)14-3-2-6-19-14/h2-7,13,16-17H,8-9H2,1H3. The van der Waals surface area contributed by atoms with Gasteiger partial charge < -0.3 is 19.6 Å². The van der Waals surface area contributed by atoms with E-state index in [9.17, 15) is 5.11 Å². The summed E-state index contributed by atoms with van der Waals surface area (Å²) in [4.78, 5) is 0. The molecule has 1 aromatic heterocycles. The Balaban J connectivity index is 2.05. The third-order valence-electron chi connectivity index (χ3n) is 2.86. The Hall–Kier alpha value is -1.30. The summed E-state index contributed by atoms with van der Waals surface area (Å²) in [7, 11) is 1.64. The van der Waals surface area contributed by atoms with Gasteiger partial charge in [0.2, 0.25) is 0 Å². The van der Waals surface area contributed by atoms with E-state index in [1.807, 2.05) is 24.3 Å². The largest absolute Gasteiger partial charge is 0.497 e. The average molecular weight is 326 g/mol. The molecule has 0 fully saturated rings. The minimum Gasteiger partial charge on any atom is -0.497 e. The summed E-state index contributed by atoms with van der Waals surface area (Å²) in [6, 6.07) is 9.22. The van der Waals surface area contributed by atoms with Crippen molar-refractivity contribution in [2.75, 3.05) is 13.7 Å². The number of benzene rings is 1. The molecule has 19 heavy (non-hydrogen) atoms. The molecule has 0 aliphatic rings. The van der Waals surface area contributed by atoms with E-state index in [1.54, 1.807) is 19.4 Å². The summed E-state index contributed by atoms with van der Waals surface area (Å²) in [6.45, 7) is 0.582. The molecule has 1 atom stereocenters. The number of aliphatic hydroxyl groups is 1. The van der Waals surface area contributed by atoms with Gasteiger partial charge in [0.05, 0.1) is 26.0 Å². The van der Waals surface area contributed by atoms with Gasteiger partial charge in [0.25, 0.3) is 0 Å². The van der Waals surface area contributed by atoms with Crippen molar-refractivity contribution in [1.82, 2.24) is 5.32 Å². The number of hydrogen-bond donors (Lipinski definition) is 2. The van der Waals surface area contributed by atoms with Gasteiger partial charge in [-0.3, -0.25) is 0 Å². The smallest absolute Gasteiger partial charge is 0.123 e. The van der Waals surface area contributed by atoms with Crippen molar-refractivity contribution < 1.29 is 14.3 Å². The van der Waals surface area contributed by atoms with Crippen LogP contribution in [0.15, 0.2) is 45.5 Å². The van der Waals surface area contributed by atoms with Crippen LogP contribution in [0.3, 0.4) is 0 Å². The van der Waals surface area contributed by atoms with E-state index in [2.05, 4.69) is 21.2 Å². The lowest BCUT2D eigenvalue weighted by atomic mass is 10.2. The molecule has 0 saturated heterocycles. The monoisotopic (exact) mass is 325 g/mol. The fourth-order valence-corrected chi connectivity index (χ4v) is 2.18. The topological polar surface area (TPSA) is 54.6 Å². The van der Waals surface area contributed by atoms with E-state index in [-0.39, 0.29) is 12.6 Å². The predicted octanol–water partition coefficient (Wildman–Crippen LogP) is 2.87. The van der Waals surface area contributed by atoms with Gasteiger partial charge in [-0.1, -0.05) is 15.9 Å². The van der Waals surface area contributed by atoms with Crippen LogP contribution in [0, 0.1) is 0 Å². The SMILES string of the molecule is COc1ccc(Br)c(CNC(CO)c2ccco2)c1. The summed E-state index contributed by atoms with van der Waals surface area (Å²) in [5.41, 5.74) is 1.06. The van der Waals surface area contributed by atoms with Crippen LogP contribution < -0.4 is 10.1 Å². The molecule has 0 saturated carbocycles. The lowest BCUT2D eigenvalue weighted by Gasteiger charge is -2.15. The number of methoxy groups -OCH3 is 1. The first-order chi connectivity index (χ1) is 9.24. The van der Waals surface area contributed by atoms with Crippen LogP contribution in [0.1, 0.15) is 17.4 Å². The molecule has 1 heterocycles. The first kappa shape index (κ1) is 14.1. The van der Waals surface area contributed by atoms with Crippen LogP contribution in [0.2, 0.25) is 0 Å². The Morgan fingerprint density at radius 1 is 1.42 bits per heavy atom. The maximum Gasteiger partial charge on any atom is 0.123 e. The van der Waals surface area contributed by atoms with Crippen LogP contribution in [-0.2, 0) is 6.54 Å². The highest BCUT2D eigenvalue weighted by atomic mass is 79.9. The lowest BCUT2D eigenvalue weighted by Crippen LogP contribution is -2.23. The maximum atomic E-state index is 9.39. The molecule has 0 bridgehead atoms. The minimum absolute atomic E-state index is 0.0187. The van der Waals surface area contributed by atoms with Crippen molar-refractivity contribution in [1.29, 1.82) is 0 Å². The Morgan fingerprint density at radius 3 is 2.89 bits per heavy atom. The summed E-state index contributed by atoms with van der Waals surface area (Å²) < 4.78 is 11.5. The molecule has 0 aliphatic heterocycles. The molecule has 1 aromatic carbocycles. The first-order valence-corrected chi connectivity index (χ1v) is 6.74. The first-order valence-electron chi connectivity index (χ1n) is 5.94. The molecule has 5 heteroatoms. The van der Waals surface area contributed by atoms with Gasteiger partial charge >= 0.3 is 0 Å². The van der Waals surface area contributed by atoms with Crippen molar-refractivity contribution in [3.8, 4) is 5.75 Å². The van der Waals surface area contributed by atoms with E-state index in [1.165, 1.54) is 0 Å². The molecule has 1 unspecified atom stereocenters. The molecular formula is C14H16BrNO3. The van der Waals surface area contributed by atoms with Crippen LogP contribution in [0.25, 0.3) is 0 Å². The van der Waals surface area contributed by atoms with Crippen molar-refractivity contribution >= 4 is 15.9 Å². The molecular weight excluding hydrogens is 310 g/mol. The number of furan rings is 1. The van der Waals surface area contributed by atoms with Crippen molar-refractivity contribution in [2.45, 2.75) is 12.6 Å². The summed E-state index contributed by atoms with van der Waals surface area (Å²) in [6.07, 6.45) is 1.60. The van der Waals surface area contributed by atoms with E-state index in [4.69, 9.17) is 9.15 Å². The van der Waals surface area contributed by atoms with Crippen LogP contribution >= 0.6 is 15.9 Å². The Morgan fingerprint density at radius 2 is 2.26 bits per heavy atom. The molecule has 0 aliphatic carbocycles. The van der Waals surface area contributed by atoms with E-state index in [0.717, 1.165) is 21.5 Å². The predicted molar refractivity (Wildman–Crippen MR) is 76.1 cm³/mol. The molecule has 0 spiro atoms. The summed E-state index contributed by atoms with van der Waals surface area (Å²) in [5, 5.41) is 12.6. The van der Waals surface area contributed by atoms with Gasteiger partial charge in [0.15, 0.2) is 0 Å². The number of rotatable bonds is 6. The Labute approximate surface area is 120 Å². The highest BCUT2D eigenvalue weighted by molar-refractivity contribution is 9.10. The number of aliphatic hydroxyl groups excluding tert-OH is 1. The second kappa shape index (κ2) is 6.75. The van der Waals surface area contributed by atoms with Crippen LogP contribution in [0.4, 0.5) is 0 Å². The Kier molecular flexibility index (Phi) is 5.01. The molecule has 0 radical (unpaired) electrons. The number of halogens is 1. The highest BCUT2D eigenvalue weighted by Gasteiger charge is 2.13. The van der Waals surface area contributed by atoms with Crippen LogP contribution in [-0.4, -0.2) is 18.8 Å². The zero-order chi connectivity index (χ0) is 13.7. The number of ether oxygens (including phenoxy) is 1. The van der Waals surface area contributed by atoms with Gasteiger partial charge in [-0.2, -0.15) is 0 Å². The van der Waals surface area contributed by atoms with E-state index >= 15 is 0 Å². The van der Waals surface area contributed by atoms with Crippen molar-refractivity contribution in [2.24, 2.45) is 0 Å². The molecule has 102 valence electrons. The highest BCUT2D eigenvalue weighted by Crippen LogP contribution is 2.23.